The van der Waals surface area contributed by atoms with Crippen LogP contribution in [0.4, 0.5) is 4.39 Å². The second kappa shape index (κ2) is 6.67. The van der Waals surface area contributed by atoms with Crippen molar-refractivity contribution in [1.29, 1.82) is 0 Å². The van der Waals surface area contributed by atoms with E-state index in [1.165, 1.54) is 19.1 Å². The standard InChI is InChI=1S/C24H29FO6/c1-13-9-18-17-6-5-15-10-16(28)7-8-21(15,3)23(17,25)19(29)11-22(18,4)24(13,20(30)12-26)31-14(2)27/h7-8,10,12-13,17-19,29H,5-6,9,11H2,1-4H3/t13?,17-,18-,19?,21-,22-,23-,24-/m0/s1. The molecular formula is C24H29FO6. The third-order valence-corrected chi connectivity index (χ3v) is 8.96. The molecule has 4 aliphatic carbocycles. The molecule has 4 aliphatic rings. The van der Waals surface area contributed by atoms with E-state index in [-0.39, 0.29) is 24.4 Å². The van der Waals surface area contributed by atoms with Crippen molar-refractivity contribution in [3.8, 4) is 0 Å². The maximum absolute atomic E-state index is 17.1. The maximum atomic E-state index is 17.1. The summed E-state index contributed by atoms with van der Waals surface area (Å²) in [6, 6.07) is 0. The topological polar surface area (TPSA) is 97.7 Å². The molecule has 3 saturated carbocycles. The fourth-order valence-electron chi connectivity index (χ4n) is 7.64. The van der Waals surface area contributed by atoms with Gasteiger partial charge in [-0.3, -0.25) is 19.2 Å². The Balaban J connectivity index is 1.87. The zero-order chi connectivity index (χ0) is 23.0. The zero-order valence-corrected chi connectivity index (χ0v) is 18.3. The Morgan fingerprint density at radius 2 is 1.97 bits per heavy atom. The van der Waals surface area contributed by atoms with Gasteiger partial charge >= 0.3 is 5.97 Å². The Bertz CT molecular complexity index is 938. The molecule has 0 spiro atoms. The molecule has 0 aromatic heterocycles. The average molecular weight is 432 g/mol. The Kier molecular flexibility index (Phi) is 4.75. The minimum atomic E-state index is -2.05. The normalized spacial score (nSPS) is 48.2. The summed E-state index contributed by atoms with van der Waals surface area (Å²) in [5.74, 6) is -3.24. The summed E-state index contributed by atoms with van der Waals surface area (Å²) in [5, 5.41) is 11.3. The van der Waals surface area contributed by atoms with E-state index in [2.05, 4.69) is 0 Å². The van der Waals surface area contributed by atoms with E-state index in [0.29, 0.717) is 24.8 Å². The molecule has 0 aromatic rings. The van der Waals surface area contributed by atoms with E-state index in [1.54, 1.807) is 26.8 Å². The molecule has 0 amide bonds. The lowest BCUT2D eigenvalue weighted by molar-refractivity contribution is -0.226. The lowest BCUT2D eigenvalue weighted by atomic mass is 9.44. The minimum absolute atomic E-state index is 0.132. The number of allylic oxidation sites excluding steroid dienone is 4. The van der Waals surface area contributed by atoms with E-state index in [4.69, 9.17) is 4.74 Å². The number of carbonyl (C=O) groups excluding carboxylic acids is 4. The smallest absolute Gasteiger partial charge is 0.303 e. The molecule has 0 aromatic carbocycles. The van der Waals surface area contributed by atoms with Crippen molar-refractivity contribution in [3.63, 3.8) is 0 Å². The van der Waals surface area contributed by atoms with Gasteiger partial charge in [0.05, 0.1) is 6.10 Å². The first-order valence-corrected chi connectivity index (χ1v) is 10.9. The number of rotatable bonds is 3. The number of esters is 1. The monoisotopic (exact) mass is 432 g/mol. The van der Waals surface area contributed by atoms with E-state index >= 15 is 4.39 Å². The number of aliphatic hydroxyl groups excluding tert-OH is 1. The van der Waals surface area contributed by atoms with Gasteiger partial charge in [0.15, 0.2) is 23.3 Å². The number of hydrogen-bond acceptors (Lipinski definition) is 6. The number of ether oxygens (including phenoxy) is 1. The molecule has 31 heavy (non-hydrogen) atoms. The van der Waals surface area contributed by atoms with Gasteiger partial charge in [0.25, 0.3) is 0 Å². The molecule has 1 N–H and O–H groups in total. The molecule has 0 saturated heterocycles. The van der Waals surface area contributed by atoms with Gasteiger partial charge in [-0.25, -0.2) is 4.39 Å². The molecular weight excluding hydrogens is 403 g/mol. The second-order valence-electron chi connectivity index (χ2n) is 10.2. The van der Waals surface area contributed by atoms with Crippen molar-refractivity contribution in [3.05, 3.63) is 23.8 Å². The van der Waals surface area contributed by atoms with Gasteiger partial charge in [0.2, 0.25) is 5.78 Å². The molecule has 7 heteroatoms. The van der Waals surface area contributed by atoms with Crippen LogP contribution in [0.3, 0.4) is 0 Å². The molecule has 0 aliphatic heterocycles. The largest absolute Gasteiger partial charge is 0.450 e. The Labute approximate surface area is 180 Å². The van der Waals surface area contributed by atoms with Crippen LogP contribution in [0.15, 0.2) is 23.8 Å². The molecule has 4 rings (SSSR count). The van der Waals surface area contributed by atoms with Crippen molar-refractivity contribution < 1.29 is 33.4 Å². The summed E-state index contributed by atoms with van der Waals surface area (Å²) < 4.78 is 22.7. The fourth-order valence-corrected chi connectivity index (χ4v) is 7.64. The number of alkyl halides is 1. The van der Waals surface area contributed by atoms with Crippen LogP contribution in [-0.4, -0.2) is 46.3 Å². The number of halogens is 1. The number of aldehydes is 1. The highest BCUT2D eigenvalue weighted by Gasteiger charge is 2.77. The summed E-state index contributed by atoms with van der Waals surface area (Å²) in [6.07, 6.45) is 4.25. The van der Waals surface area contributed by atoms with Crippen LogP contribution in [0.1, 0.15) is 53.4 Å². The summed E-state index contributed by atoms with van der Waals surface area (Å²) >= 11 is 0. The van der Waals surface area contributed by atoms with Crippen molar-refractivity contribution in [1.82, 2.24) is 0 Å². The highest BCUT2D eigenvalue weighted by molar-refractivity contribution is 6.29. The first kappa shape index (κ1) is 22.1. The molecule has 0 heterocycles. The van der Waals surface area contributed by atoms with Crippen LogP contribution in [0, 0.1) is 28.6 Å². The van der Waals surface area contributed by atoms with Crippen molar-refractivity contribution in [2.24, 2.45) is 28.6 Å². The van der Waals surface area contributed by atoms with Crippen LogP contribution < -0.4 is 0 Å². The summed E-state index contributed by atoms with van der Waals surface area (Å²) in [5.41, 5.74) is -5.35. The highest BCUT2D eigenvalue weighted by Crippen LogP contribution is 2.71. The van der Waals surface area contributed by atoms with Crippen molar-refractivity contribution in [2.75, 3.05) is 0 Å². The molecule has 0 radical (unpaired) electrons. The fraction of sp³-hybridized carbons (Fsp3) is 0.667. The Hall–Kier alpha value is -2.15. The number of fused-ring (bicyclic) bond motifs is 5. The van der Waals surface area contributed by atoms with Gasteiger partial charge in [-0.15, -0.1) is 0 Å². The van der Waals surface area contributed by atoms with E-state index in [1.807, 2.05) is 0 Å². The summed E-state index contributed by atoms with van der Waals surface area (Å²) in [6.45, 7) is 6.38. The third kappa shape index (κ3) is 2.47. The molecule has 168 valence electrons. The van der Waals surface area contributed by atoms with Gasteiger partial charge in [0, 0.05) is 29.6 Å². The number of carbonyl (C=O) groups is 4. The average Bonchev–Trinajstić information content (AvgIpc) is 2.90. The molecule has 2 unspecified atom stereocenters. The van der Waals surface area contributed by atoms with Crippen LogP contribution in [0.2, 0.25) is 0 Å². The first-order valence-electron chi connectivity index (χ1n) is 10.9. The third-order valence-electron chi connectivity index (χ3n) is 8.96. The number of ketones is 2. The molecule has 6 nitrogen and oxygen atoms in total. The van der Waals surface area contributed by atoms with Gasteiger partial charge in [-0.1, -0.05) is 25.5 Å². The van der Waals surface area contributed by atoms with Crippen LogP contribution in [0.5, 0.6) is 0 Å². The predicted octanol–water partition coefficient (Wildman–Crippen LogP) is 2.67. The van der Waals surface area contributed by atoms with Gasteiger partial charge in [0.1, 0.15) is 0 Å². The van der Waals surface area contributed by atoms with E-state index in [9.17, 15) is 24.3 Å². The number of Topliss-reactive ketones (excluding diaryl/α,β-unsaturated/α-hetero) is 1. The zero-order valence-electron chi connectivity index (χ0n) is 18.3. The van der Waals surface area contributed by atoms with Gasteiger partial charge < -0.3 is 9.84 Å². The molecule has 0 bridgehead atoms. The first-order chi connectivity index (χ1) is 14.4. The van der Waals surface area contributed by atoms with Crippen LogP contribution in [-0.2, 0) is 23.9 Å². The second-order valence-corrected chi connectivity index (χ2v) is 10.2. The Morgan fingerprint density at radius 1 is 1.29 bits per heavy atom. The van der Waals surface area contributed by atoms with Crippen molar-refractivity contribution >= 4 is 23.8 Å². The van der Waals surface area contributed by atoms with E-state index in [0.717, 1.165) is 0 Å². The SMILES string of the molecule is CC(=O)O[C@]1(C(=O)C=O)C(C)C[C@H]2[C@@H]3CCC4=CC(=O)C=C[C@]4(C)[C@@]3(F)C(O)C[C@@]21C. The van der Waals surface area contributed by atoms with Gasteiger partial charge in [-0.05, 0) is 50.7 Å². The van der Waals surface area contributed by atoms with Crippen LogP contribution >= 0.6 is 0 Å². The number of aliphatic hydroxyl groups is 1. The lowest BCUT2D eigenvalue weighted by Crippen LogP contribution is -2.70. The van der Waals surface area contributed by atoms with Crippen molar-refractivity contribution in [2.45, 2.75) is 70.8 Å². The van der Waals surface area contributed by atoms with E-state index < -0.39 is 51.8 Å². The molecule has 3 fully saturated rings. The van der Waals surface area contributed by atoms with Gasteiger partial charge in [-0.2, -0.15) is 0 Å². The maximum Gasteiger partial charge on any atom is 0.303 e. The summed E-state index contributed by atoms with van der Waals surface area (Å²) in [7, 11) is 0. The summed E-state index contributed by atoms with van der Waals surface area (Å²) in [4.78, 5) is 48.5. The highest BCUT2D eigenvalue weighted by atomic mass is 19.1. The Morgan fingerprint density at radius 3 is 2.58 bits per heavy atom. The molecule has 8 atom stereocenters. The number of hydrogen-bond donors (Lipinski definition) is 1. The van der Waals surface area contributed by atoms with Crippen LogP contribution in [0.25, 0.3) is 0 Å². The minimum Gasteiger partial charge on any atom is -0.450 e. The lowest BCUT2D eigenvalue weighted by Gasteiger charge is -2.62. The predicted molar refractivity (Wildman–Crippen MR) is 108 cm³/mol. The quantitative estimate of drug-likeness (QED) is 0.418.